The Hall–Kier alpha value is -2.69. The summed E-state index contributed by atoms with van der Waals surface area (Å²) >= 11 is 1.21. The molecule has 0 fully saturated rings. The molecule has 0 spiro atoms. The van der Waals surface area contributed by atoms with E-state index in [2.05, 4.69) is 10.3 Å². The average molecular weight is 478 g/mol. The normalized spacial score (nSPS) is 12.0. The molecule has 1 aromatic heterocycles. The molecule has 8 nitrogen and oxygen atoms in total. The molecular formula is C22H27N3O5S2. The molecule has 0 aliphatic carbocycles. The van der Waals surface area contributed by atoms with Crippen LogP contribution in [0.25, 0.3) is 10.2 Å². The number of benzene rings is 2. The number of thiazole rings is 1. The van der Waals surface area contributed by atoms with E-state index >= 15 is 0 Å². The van der Waals surface area contributed by atoms with Crippen molar-refractivity contribution in [2.45, 2.75) is 44.7 Å². The highest BCUT2D eigenvalue weighted by molar-refractivity contribution is 7.89. The molecular weight excluding hydrogens is 450 g/mol. The van der Waals surface area contributed by atoms with Gasteiger partial charge in [-0.15, -0.1) is 0 Å². The average Bonchev–Trinajstić information content (AvgIpc) is 3.13. The predicted octanol–water partition coefficient (Wildman–Crippen LogP) is 4.37. The van der Waals surface area contributed by atoms with E-state index in [4.69, 9.17) is 9.47 Å². The number of methoxy groups -OCH3 is 2. The molecule has 0 aliphatic rings. The molecule has 0 saturated carbocycles. The van der Waals surface area contributed by atoms with Crippen LogP contribution in [-0.4, -0.2) is 49.9 Å². The number of nitrogens with one attached hydrogen (secondary N) is 1. The third-order valence-corrected chi connectivity index (χ3v) is 8.01. The van der Waals surface area contributed by atoms with E-state index in [0.717, 1.165) is 0 Å². The van der Waals surface area contributed by atoms with Crippen LogP contribution in [0.2, 0.25) is 0 Å². The maximum atomic E-state index is 13.2. The van der Waals surface area contributed by atoms with Crippen molar-refractivity contribution in [3.05, 3.63) is 42.0 Å². The summed E-state index contributed by atoms with van der Waals surface area (Å²) in [7, 11) is -0.659. The molecule has 0 saturated heterocycles. The van der Waals surface area contributed by atoms with Crippen LogP contribution in [0.5, 0.6) is 11.5 Å². The first-order chi connectivity index (χ1) is 15.1. The van der Waals surface area contributed by atoms with Crippen LogP contribution in [0, 0.1) is 0 Å². The maximum absolute atomic E-state index is 13.2. The molecule has 1 amide bonds. The van der Waals surface area contributed by atoms with Gasteiger partial charge in [-0.1, -0.05) is 11.3 Å². The summed E-state index contributed by atoms with van der Waals surface area (Å²) in [5.41, 5.74) is 0.937. The summed E-state index contributed by atoms with van der Waals surface area (Å²) in [5.74, 6) is 0.560. The van der Waals surface area contributed by atoms with Crippen molar-refractivity contribution in [1.82, 2.24) is 9.29 Å². The highest BCUT2D eigenvalue weighted by Gasteiger charge is 2.29. The van der Waals surface area contributed by atoms with Crippen LogP contribution in [0.3, 0.4) is 0 Å². The Kier molecular flexibility index (Phi) is 7.06. The summed E-state index contributed by atoms with van der Waals surface area (Å²) in [6.45, 7) is 7.40. The fourth-order valence-electron chi connectivity index (χ4n) is 3.54. The van der Waals surface area contributed by atoms with Crippen molar-refractivity contribution in [1.29, 1.82) is 0 Å². The molecule has 3 rings (SSSR count). The molecule has 0 unspecified atom stereocenters. The Morgan fingerprint density at radius 3 is 2.31 bits per heavy atom. The topological polar surface area (TPSA) is 97.8 Å². The van der Waals surface area contributed by atoms with Gasteiger partial charge in [0.15, 0.2) is 5.13 Å². The second kappa shape index (κ2) is 9.43. The third-order valence-electron chi connectivity index (χ3n) is 4.83. The van der Waals surface area contributed by atoms with E-state index in [-0.39, 0.29) is 22.9 Å². The van der Waals surface area contributed by atoms with Gasteiger partial charge in [-0.25, -0.2) is 13.4 Å². The number of hydrogen-bond acceptors (Lipinski definition) is 7. The van der Waals surface area contributed by atoms with E-state index < -0.39 is 10.0 Å². The monoisotopic (exact) mass is 477 g/mol. The first-order valence-corrected chi connectivity index (χ1v) is 12.3. The highest BCUT2D eigenvalue weighted by Crippen LogP contribution is 2.31. The number of hydrogen-bond donors (Lipinski definition) is 1. The van der Waals surface area contributed by atoms with Gasteiger partial charge in [-0.2, -0.15) is 4.31 Å². The summed E-state index contributed by atoms with van der Waals surface area (Å²) in [6.07, 6.45) is 0. The molecule has 0 aliphatic heterocycles. The van der Waals surface area contributed by atoms with Crippen molar-refractivity contribution in [3.8, 4) is 11.5 Å². The number of anilines is 1. The van der Waals surface area contributed by atoms with Gasteiger partial charge < -0.3 is 9.47 Å². The van der Waals surface area contributed by atoms with Gasteiger partial charge in [0.1, 0.15) is 11.5 Å². The van der Waals surface area contributed by atoms with E-state index in [1.165, 1.54) is 29.9 Å². The second-order valence-electron chi connectivity index (χ2n) is 7.69. The Bertz CT molecular complexity index is 1230. The molecule has 2 aromatic carbocycles. The molecule has 172 valence electrons. The second-order valence-corrected chi connectivity index (χ2v) is 10.6. The molecule has 3 aromatic rings. The number of nitrogens with zero attached hydrogens (tertiary/aromatic N) is 2. The number of carbonyl (C=O) groups excluding carboxylic acids is 1. The zero-order valence-electron chi connectivity index (χ0n) is 18.9. The molecule has 1 N–H and O–H groups in total. The number of fused-ring (bicyclic) bond motifs is 1. The van der Waals surface area contributed by atoms with Gasteiger partial charge in [0.25, 0.3) is 5.91 Å². The van der Waals surface area contributed by atoms with Crippen LogP contribution in [0.15, 0.2) is 41.3 Å². The van der Waals surface area contributed by atoms with Gasteiger partial charge >= 0.3 is 0 Å². The number of carbonyl (C=O) groups is 1. The number of sulfonamides is 1. The van der Waals surface area contributed by atoms with Crippen molar-refractivity contribution < 1.29 is 22.7 Å². The Balaban J connectivity index is 1.91. The first-order valence-electron chi connectivity index (χ1n) is 10.1. The number of amides is 1. The minimum atomic E-state index is -3.67. The van der Waals surface area contributed by atoms with E-state index in [1.54, 1.807) is 36.4 Å². The maximum Gasteiger partial charge on any atom is 0.261 e. The molecule has 0 atom stereocenters. The predicted molar refractivity (Wildman–Crippen MR) is 126 cm³/mol. The van der Waals surface area contributed by atoms with Gasteiger partial charge in [0.2, 0.25) is 10.0 Å². The van der Waals surface area contributed by atoms with Crippen LogP contribution >= 0.6 is 11.3 Å². The summed E-state index contributed by atoms with van der Waals surface area (Å²) < 4.78 is 38.9. The van der Waals surface area contributed by atoms with Crippen LogP contribution < -0.4 is 14.8 Å². The van der Waals surface area contributed by atoms with Crippen LogP contribution in [-0.2, 0) is 10.0 Å². The third kappa shape index (κ3) is 4.72. The molecule has 0 bridgehead atoms. The Labute approximate surface area is 192 Å². The fraction of sp³-hybridized carbons (Fsp3) is 0.364. The van der Waals surface area contributed by atoms with Crippen molar-refractivity contribution in [2.75, 3.05) is 19.5 Å². The van der Waals surface area contributed by atoms with Crippen molar-refractivity contribution >= 4 is 42.6 Å². The van der Waals surface area contributed by atoms with E-state index in [0.29, 0.717) is 32.4 Å². The lowest BCUT2D eigenvalue weighted by Gasteiger charge is -2.29. The summed E-state index contributed by atoms with van der Waals surface area (Å²) in [4.78, 5) is 17.4. The standard InChI is InChI=1S/C22H27N3O5S2/c1-13(2)25(14(3)4)32(27,28)16-8-10-18-20(12-16)31-22(23-18)24-21(26)17-9-7-15(29-5)11-19(17)30-6/h7-14H,1-6H3,(H,23,24,26). The van der Waals surface area contributed by atoms with Gasteiger partial charge in [0, 0.05) is 18.2 Å². The summed E-state index contributed by atoms with van der Waals surface area (Å²) in [5, 5.41) is 3.13. The van der Waals surface area contributed by atoms with E-state index in [9.17, 15) is 13.2 Å². The smallest absolute Gasteiger partial charge is 0.261 e. The molecule has 32 heavy (non-hydrogen) atoms. The largest absolute Gasteiger partial charge is 0.497 e. The lowest BCUT2D eigenvalue weighted by Crippen LogP contribution is -2.41. The Morgan fingerprint density at radius 2 is 1.72 bits per heavy atom. The van der Waals surface area contributed by atoms with Gasteiger partial charge in [0.05, 0.1) is 34.9 Å². The lowest BCUT2D eigenvalue weighted by atomic mass is 10.2. The van der Waals surface area contributed by atoms with Gasteiger partial charge in [-0.05, 0) is 58.0 Å². The fourth-order valence-corrected chi connectivity index (χ4v) is 6.38. The SMILES string of the molecule is COc1ccc(C(=O)Nc2nc3ccc(S(=O)(=O)N(C(C)C)C(C)C)cc3s2)c(OC)c1. The van der Waals surface area contributed by atoms with Gasteiger partial charge in [-0.3, -0.25) is 10.1 Å². The van der Waals surface area contributed by atoms with Crippen LogP contribution in [0.1, 0.15) is 38.1 Å². The highest BCUT2D eigenvalue weighted by atomic mass is 32.2. The molecule has 0 radical (unpaired) electrons. The summed E-state index contributed by atoms with van der Waals surface area (Å²) in [6, 6.07) is 9.36. The number of rotatable bonds is 8. The van der Waals surface area contributed by atoms with E-state index in [1.807, 2.05) is 27.7 Å². The lowest BCUT2D eigenvalue weighted by molar-refractivity contribution is 0.102. The zero-order chi connectivity index (χ0) is 23.6. The number of aromatic nitrogens is 1. The quantitative estimate of drug-likeness (QED) is 0.517. The number of ether oxygens (including phenoxy) is 2. The minimum Gasteiger partial charge on any atom is -0.497 e. The zero-order valence-corrected chi connectivity index (χ0v) is 20.5. The van der Waals surface area contributed by atoms with Crippen molar-refractivity contribution in [3.63, 3.8) is 0 Å². The minimum absolute atomic E-state index is 0.175. The molecule has 10 heteroatoms. The van der Waals surface area contributed by atoms with Crippen LogP contribution in [0.4, 0.5) is 5.13 Å². The van der Waals surface area contributed by atoms with Crippen molar-refractivity contribution in [2.24, 2.45) is 0 Å². The molecule has 1 heterocycles. The first kappa shape index (κ1) is 24.0. The Morgan fingerprint density at radius 1 is 1.03 bits per heavy atom.